The number of hydrogen-bond acceptors (Lipinski definition) is 5. The molecule has 3 heterocycles. The Hall–Kier alpha value is -3.71. The van der Waals surface area contributed by atoms with Crippen molar-refractivity contribution in [3.63, 3.8) is 0 Å². The standard InChI is InChI=1S/C22H17ClN6O/c23-18-9-5-4-6-14(18)10-11-24-22-25-12-16-19-17(13-26-28-19)21(30)29(20(16)27-22)15-7-2-1-3-8-15/h1-9,12-13H,10-11H2,(H,26,28)(H,24,25,27). The number of H-pyrrole nitrogens is 1. The maximum atomic E-state index is 13.2. The van der Waals surface area contributed by atoms with Crippen molar-refractivity contribution in [1.82, 2.24) is 24.7 Å². The molecule has 0 amide bonds. The van der Waals surface area contributed by atoms with Gasteiger partial charge in [-0.3, -0.25) is 14.5 Å². The van der Waals surface area contributed by atoms with Gasteiger partial charge in [0.2, 0.25) is 5.95 Å². The largest absolute Gasteiger partial charge is 0.354 e. The summed E-state index contributed by atoms with van der Waals surface area (Å²) in [5.41, 5.74) is 2.66. The normalized spacial score (nSPS) is 11.2. The Labute approximate surface area is 176 Å². The van der Waals surface area contributed by atoms with Gasteiger partial charge in [-0.05, 0) is 30.2 Å². The van der Waals surface area contributed by atoms with E-state index in [0.717, 1.165) is 22.7 Å². The smallest absolute Gasteiger partial charge is 0.267 e. The zero-order valence-electron chi connectivity index (χ0n) is 15.8. The fourth-order valence-corrected chi connectivity index (χ4v) is 3.73. The van der Waals surface area contributed by atoms with Gasteiger partial charge in [0, 0.05) is 24.0 Å². The van der Waals surface area contributed by atoms with E-state index >= 15 is 0 Å². The van der Waals surface area contributed by atoms with Crippen LogP contribution < -0.4 is 10.9 Å². The molecule has 0 aliphatic heterocycles. The van der Waals surface area contributed by atoms with Gasteiger partial charge in [-0.2, -0.15) is 10.1 Å². The highest BCUT2D eigenvalue weighted by molar-refractivity contribution is 6.31. The number of anilines is 1. The number of hydrogen-bond donors (Lipinski definition) is 2. The van der Waals surface area contributed by atoms with E-state index in [-0.39, 0.29) is 5.56 Å². The van der Waals surface area contributed by atoms with Gasteiger partial charge >= 0.3 is 0 Å². The van der Waals surface area contributed by atoms with Crippen LogP contribution in [0.5, 0.6) is 0 Å². The summed E-state index contributed by atoms with van der Waals surface area (Å²) < 4.78 is 1.59. The zero-order valence-corrected chi connectivity index (χ0v) is 16.6. The molecule has 0 atom stereocenters. The summed E-state index contributed by atoms with van der Waals surface area (Å²) in [6.45, 7) is 0.607. The quantitative estimate of drug-likeness (QED) is 0.452. The van der Waals surface area contributed by atoms with E-state index in [1.165, 1.54) is 0 Å². The lowest BCUT2D eigenvalue weighted by atomic mass is 10.1. The van der Waals surface area contributed by atoms with Crippen molar-refractivity contribution in [3.8, 4) is 5.69 Å². The molecule has 30 heavy (non-hydrogen) atoms. The molecule has 7 nitrogen and oxygen atoms in total. The summed E-state index contributed by atoms with van der Waals surface area (Å²) in [5.74, 6) is 0.438. The highest BCUT2D eigenvalue weighted by Crippen LogP contribution is 2.22. The second kappa shape index (κ2) is 7.61. The van der Waals surface area contributed by atoms with Crippen molar-refractivity contribution in [2.24, 2.45) is 0 Å². The van der Waals surface area contributed by atoms with Crippen molar-refractivity contribution in [1.29, 1.82) is 0 Å². The second-order valence-corrected chi connectivity index (χ2v) is 7.23. The predicted molar refractivity (Wildman–Crippen MR) is 118 cm³/mol. The van der Waals surface area contributed by atoms with Crippen molar-refractivity contribution in [2.45, 2.75) is 6.42 Å². The van der Waals surface area contributed by atoms with Gasteiger partial charge in [0.25, 0.3) is 5.56 Å². The number of para-hydroxylation sites is 1. The van der Waals surface area contributed by atoms with Crippen LogP contribution in [0.4, 0.5) is 5.95 Å². The van der Waals surface area contributed by atoms with Crippen LogP contribution in [0, 0.1) is 0 Å². The zero-order chi connectivity index (χ0) is 20.5. The third-order valence-electron chi connectivity index (χ3n) is 4.96. The first-order valence-corrected chi connectivity index (χ1v) is 9.88. The van der Waals surface area contributed by atoms with E-state index in [1.807, 2.05) is 54.6 Å². The van der Waals surface area contributed by atoms with Gasteiger partial charge in [-0.15, -0.1) is 0 Å². The van der Waals surface area contributed by atoms with Gasteiger partial charge in [0.1, 0.15) is 5.52 Å². The molecular weight excluding hydrogens is 400 g/mol. The Balaban J connectivity index is 1.57. The SMILES string of the molecule is O=c1c2c[nH]nc2c2cnc(NCCc3ccccc3Cl)nc2n1-c1ccccc1. The first-order chi connectivity index (χ1) is 14.7. The van der Waals surface area contributed by atoms with Crippen LogP contribution >= 0.6 is 11.6 Å². The van der Waals surface area contributed by atoms with Crippen molar-refractivity contribution in [3.05, 3.63) is 87.9 Å². The number of fused-ring (bicyclic) bond motifs is 3. The molecule has 2 N–H and O–H groups in total. The van der Waals surface area contributed by atoms with Crippen molar-refractivity contribution < 1.29 is 0 Å². The number of halogens is 1. The van der Waals surface area contributed by atoms with E-state index in [4.69, 9.17) is 11.6 Å². The lowest BCUT2D eigenvalue weighted by Crippen LogP contribution is -2.20. The average molecular weight is 417 g/mol. The molecule has 0 spiro atoms. The highest BCUT2D eigenvalue weighted by Gasteiger charge is 2.16. The molecule has 2 aromatic carbocycles. The molecule has 0 fully saturated rings. The molecule has 0 radical (unpaired) electrons. The van der Waals surface area contributed by atoms with E-state index < -0.39 is 0 Å². The topological polar surface area (TPSA) is 88.5 Å². The van der Waals surface area contributed by atoms with Gasteiger partial charge in [0.05, 0.1) is 16.5 Å². The Morgan fingerprint density at radius 1 is 1.03 bits per heavy atom. The minimum atomic E-state index is -0.182. The molecule has 5 rings (SSSR count). The van der Waals surface area contributed by atoms with Crippen molar-refractivity contribution in [2.75, 3.05) is 11.9 Å². The van der Waals surface area contributed by atoms with E-state index in [9.17, 15) is 4.79 Å². The molecule has 3 aromatic heterocycles. The number of benzene rings is 2. The summed E-state index contributed by atoms with van der Waals surface area (Å²) in [6.07, 6.45) is 4.03. The van der Waals surface area contributed by atoms with Crippen LogP contribution in [0.25, 0.3) is 27.6 Å². The third kappa shape index (κ3) is 3.19. The Morgan fingerprint density at radius 2 is 1.83 bits per heavy atom. The second-order valence-electron chi connectivity index (χ2n) is 6.82. The fourth-order valence-electron chi connectivity index (χ4n) is 3.50. The van der Waals surface area contributed by atoms with Crippen LogP contribution in [0.1, 0.15) is 5.56 Å². The van der Waals surface area contributed by atoms with Crippen LogP contribution in [0.3, 0.4) is 0 Å². The van der Waals surface area contributed by atoms with E-state index in [1.54, 1.807) is 17.0 Å². The lowest BCUT2D eigenvalue weighted by Gasteiger charge is -2.12. The highest BCUT2D eigenvalue weighted by atomic mass is 35.5. The van der Waals surface area contributed by atoms with Crippen LogP contribution in [-0.4, -0.2) is 31.3 Å². The molecule has 148 valence electrons. The third-order valence-corrected chi connectivity index (χ3v) is 5.33. The average Bonchev–Trinajstić information content (AvgIpc) is 3.27. The summed E-state index contributed by atoms with van der Waals surface area (Å²) in [7, 11) is 0. The Bertz CT molecular complexity index is 1410. The summed E-state index contributed by atoms with van der Waals surface area (Å²) in [4.78, 5) is 22.2. The fraction of sp³-hybridized carbons (Fsp3) is 0.0909. The van der Waals surface area contributed by atoms with Gasteiger partial charge < -0.3 is 5.32 Å². The minimum absolute atomic E-state index is 0.182. The maximum Gasteiger partial charge on any atom is 0.267 e. The number of nitrogens with one attached hydrogen (secondary N) is 2. The van der Waals surface area contributed by atoms with Gasteiger partial charge in [-0.1, -0.05) is 48.0 Å². The number of aromatic nitrogens is 5. The molecule has 5 aromatic rings. The van der Waals surface area contributed by atoms with E-state index in [2.05, 4.69) is 25.5 Å². The molecule has 0 bridgehead atoms. The van der Waals surface area contributed by atoms with Crippen LogP contribution in [-0.2, 0) is 6.42 Å². The molecule has 0 saturated carbocycles. The molecule has 8 heteroatoms. The number of nitrogens with zero attached hydrogens (tertiary/aromatic N) is 4. The molecule has 0 aliphatic carbocycles. The molecule has 0 saturated heterocycles. The first kappa shape index (κ1) is 18.3. The first-order valence-electron chi connectivity index (χ1n) is 9.50. The number of pyridine rings is 1. The number of rotatable bonds is 5. The maximum absolute atomic E-state index is 13.2. The summed E-state index contributed by atoms with van der Waals surface area (Å²) >= 11 is 6.23. The molecule has 0 aliphatic rings. The Kier molecular flexibility index (Phi) is 4.65. The van der Waals surface area contributed by atoms with E-state index in [0.29, 0.717) is 34.4 Å². The predicted octanol–water partition coefficient (Wildman–Crippen LogP) is 3.97. The molecular formula is C22H17ClN6O. The van der Waals surface area contributed by atoms with Gasteiger partial charge in [0.15, 0.2) is 5.65 Å². The minimum Gasteiger partial charge on any atom is -0.354 e. The summed E-state index contributed by atoms with van der Waals surface area (Å²) in [5, 5.41) is 12.2. The Morgan fingerprint density at radius 3 is 2.67 bits per heavy atom. The van der Waals surface area contributed by atoms with Crippen LogP contribution in [0.2, 0.25) is 5.02 Å². The van der Waals surface area contributed by atoms with Crippen molar-refractivity contribution >= 4 is 39.5 Å². The lowest BCUT2D eigenvalue weighted by molar-refractivity contribution is 0.973. The van der Waals surface area contributed by atoms with Gasteiger partial charge in [-0.25, -0.2) is 4.98 Å². The monoisotopic (exact) mass is 416 g/mol. The molecule has 0 unspecified atom stereocenters. The number of aromatic amines is 1. The van der Waals surface area contributed by atoms with Crippen LogP contribution in [0.15, 0.2) is 71.8 Å². The summed E-state index contributed by atoms with van der Waals surface area (Å²) in [6, 6.07) is 17.2.